The van der Waals surface area contributed by atoms with Crippen LogP contribution in [0.4, 0.5) is 4.39 Å². The minimum atomic E-state index is -0.297. The van der Waals surface area contributed by atoms with Crippen molar-refractivity contribution in [2.75, 3.05) is 18.8 Å². The molecule has 0 radical (unpaired) electrons. The minimum Gasteiger partial charge on any atom is -0.294 e. The highest BCUT2D eigenvalue weighted by Gasteiger charge is 2.26. The number of thioether (sulfide) groups is 1. The fourth-order valence-electron chi connectivity index (χ4n) is 3.80. The lowest BCUT2D eigenvalue weighted by Crippen LogP contribution is -2.33. The van der Waals surface area contributed by atoms with Crippen LogP contribution in [0, 0.1) is 5.82 Å². The van der Waals surface area contributed by atoms with E-state index in [1.54, 1.807) is 36.4 Å². The molecule has 1 saturated heterocycles. The number of halogens is 2. The number of likely N-dealkylation sites (tertiary alicyclic amines) is 1. The first-order chi connectivity index (χ1) is 15.0. The summed E-state index contributed by atoms with van der Waals surface area (Å²) in [5.41, 5.74) is 1.39. The molecule has 0 N–H and O–H groups in total. The van der Waals surface area contributed by atoms with Gasteiger partial charge in [0.05, 0.1) is 11.8 Å². The van der Waals surface area contributed by atoms with Gasteiger partial charge in [-0.15, -0.1) is 10.2 Å². The van der Waals surface area contributed by atoms with Crippen molar-refractivity contribution in [2.45, 2.75) is 37.4 Å². The van der Waals surface area contributed by atoms with Crippen molar-refractivity contribution in [1.82, 2.24) is 19.7 Å². The number of hydrogen-bond acceptors (Lipinski definition) is 5. The first kappa shape index (κ1) is 22.0. The Labute approximate surface area is 190 Å². The molecule has 2 heterocycles. The number of hydrogen-bond donors (Lipinski definition) is 0. The van der Waals surface area contributed by atoms with Crippen LogP contribution in [0.5, 0.6) is 0 Å². The summed E-state index contributed by atoms with van der Waals surface area (Å²) in [6.07, 6.45) is 3.60. The van der Waals surface area contributed by atoms with Crippen molar-refractivity contribution >= 4 is 29.1 Å². The predicted octanol–water partition coefficient (Wildman–Crippen LogP) is 5.58. The van der Waals surface area contributed by atoms with Gasteiger partial charge in [0.1, 0.15) is 5.82 Å². The summed E-state index contributed by atoms with van der Waals surface area (Å²) in [6.45, 7) is 4.17. The molecular formula is C23H24ClFN4OS. The number of aromatic nitrogens is 3. The van der Waals surface area contributed by atoms with Crippen molar-refractivity contribution in [2.24, 2.45) is 0 Å². The van der Waals surface area contributed by atoms with E-state index in [1.165, 1.54) is 43.2 Å². The van der Waals surface area contributed by atoms with E-state index in [9.17, 15) is 9.18 Å². The maximum Gasteiger partial charge on any atom is 0.196 e. The fourth-order valence-corrected chi connectivity index (χ4v) is 4.78. The van der Waals surface area contributed by atoms with Gasteiger partial charge in [0.15, 0.2) is 16.8 Å². The number of nitrogens with zero attached hydrogens (tertiary/aromatic N) is 4. The average Bonchev–Trinajstić information content (AvgIpc) is 3.22. The third-order valence-corrected chi connectivity index (χ3v) is 6.73. The molecule has 0 bridgehead atoms. The van der Waals surface area contributed by atoms with Gasteiger partial charge in [-0.3, -0.25) is 14.3 Å². The van der Waals surface area contributed by atoms with Gasteiger partial charge in [0, 0.05) is 16.3 Å². The number of carbonyl (C=O) groups is 1. The highest BCUT2D eigenvalue weighted by molar-refractivity contribution is 7.99. The van der Waals surface area contributed by atoms with E-state index in [-0.39, 0.29) is 23.4 Å². The molecule has 1 atom stereocenters. The smallest absolute Gasteiger partial charge is 0.196 e. The van der Waals surface area contributed by atoms with Crippen molar-refractivity contribution in [3.05, 3.63) is 70.8 Å². The zero-order chi connectivity index (χ0) is 21.8. The Morgan fingerprint density at radius 3 is 2.42 bits per heavy atom. The molecule has 3 aromatic rings. The molecular weight excluding hydrogens is 435 g/mol. The van der Waals surface area contributed by atoms with Crippen molar-refractivity contribution in [1.29, 1.82) is 0 Å². The Balaban J connectivity index is 1.60. The van der Waals surface area contributed by atoms with E-state index >= 15 is 0 Å². The number of rotatable bonds is 7. The van der Waals surface area contributed by atoms with E-state index in [0.29, 0.717) is 15.7 Å². The Bertz CT molecular complexity index is 1030. The van der Waals surface area contributed by atoms with Gasteiger partial charge >= 0.3 is 0 Å². The molecule has 31 heavy (non-hydrogen) atoms. The second-order valence-electron chi connectivity index (χ2n) is 7.64. The molecule has 5 nitrogen and oxygen atoms in total. The van der Waals surface area contributed by atoms with Crippen LogP contribution < -0.4 is 0 Å². The lowest BCUT2D eigenvalue weighted by Gasteiger charge is -2.31. The average molecular weight is 459 g/mol. The van der Waals surface area contributed by atoms with Crippen molar-refractivity contribution in [3.8, 4) is 5.69 Å². The van der Waals surface area contributed by atoms with Crippen LogP contribution in [-0.2, 0) is 0 Å². The first-order valence-corrected chi connectivity index (χ1v) is 11.8. The lowest BCUT2D eigenvalue weighted by molar-refractivity contribution is 0.102. The maximum atomic E-state index is 13.5. The zero-order valence-corrected chi connectivity index (χ0v) is 18.9. The first-order valence-electron chi connectivity index (χ1n) is 10.4. The largest absolute Gasteiger partial charge is 0.294 e. The van der Waals surface area contributed by atoms with E-state index in [1.807, 2.05) is 4.57 Å². The molecule has 1 aliphatic rings. The predicted molar refractivity (Wildman–Crippen MR) is 122 cm³/mol. The molecule has 0 spiro atoms. The third kappa shape index (κ3) is 5.17. The number of ketones is 1. The summed E-state index contributed by atoms with van der Waals surface area (Å²) in [5, 5.41) is 10.1. The summed E-state index contributed by atoms with van der Waals surface area (Å²) in [6, 6.07) is 13.2. The van der Waals surface area contributed by atoms with E-state index in [4.69, 9.17) is 11.6 Å². The normalized spacial score (nSPS) is 15.7. The van der Waals surface area contributed by atoms with Crippen LogP contribution in [-0.4, -0.2) is 44.3 Å². The van der Waals surface area contributed by atoms with Gasteiger partial charge < -0.3 is 0 Å². The topological polar surface area (TPSA) is 51.0 Å². The lowest BCUT2D eigenvalue weighted by atomic mass is 10.1. The molecule has 0 aliphatic carbocycles. The molecule has 8 heteroatoms. The second-order valence-corrected chi connectivity index (χ2v) is 9.02. The third-order valence-electron chi connectivity index (χ3n) is 5.55. The molecule has 162 valence electrons. The molecule has 2 aromatic carbocycles. The van der Waals surface area contributed by atoms with Crippen LogP contribution in [0.25, 0.3) is 5.69 Å². The molecule has 1 unspecified atom stereocenters. The van der Waals surface area contributed by atoms with Gasteiger partial charge in [-0.25, -0.2) is 4.39 Å². The van der Waals surface area contributed by atoms with Crippen molar-refractivity contribution < 1.29 is 9.18 Å². The van der Waals surface area contributed by atoms with Crippen LogP contribution in [0.2, 0.25) is 5.02 Å². The molecule has 1 fully saturated rings. The van der Waals surface area contributed by atoms with Crippen LogP contribution in [0.15, 0.2) is 53.7 Å². The van der Waals surface area contributed by atoms with E-state index in [0.717, 1.165) is 24.6 Å². The summed E-state index contributed by atoms with van der Waals surface area (Å²) in [7, 11) is 0. The number of carbonyl (C=O) groups excluding carboxylic acids is 1. The van der Waals surface area contributed by atoms with Crippen LogP contribution in [0.1, 0.15) is 48.4 Å². The maximum absolute atomic E-state index is 13.5. The van der Waals surface area contributed by atoms with Gasteiger partial charge in [-0.2, -0.15) is 0 Å². The quantitative estimate of drug-likeness (QED) is 0.341. The highest BCUT2D eigenvalue weighted by atomic mass is 35.5. The highest BCUT2D eigenvalue weighted by Crippen LogP contribution is 2.29. The minimum absolute atomic E-state index is 0.0130. The zero-order valence-electron chi connectivity index (χ0n) is 17.3. The number of Topliss-reactive ketones (excluding diaryl/α,β-unsaturated/α-hetero) is 1. The number of benzene rings is 2. The van der Waals surface area contributed by atoms with E-state index in [2.05, 4.69) is 22.0 Å². The molecule has 1 aliphatic heterocycles. The standard InChI is InChI=1S/C23H24ClFN4OS/c1-16(28-13-3-2-4-14-28)22-26-27-23(29(22)20-11-9-19(25)10-12-20)31-15-21(30)17-5-7-18(24)8-6-17/h5-12,16H,2-4,13-15H2,1H3. The van der Waals surface area contributed by atoms with Crippen molar-refractivity contribution in [3.63, 3.8) is 0 Å². The summed E-state index contributed by atoms with van der Waals surface area (Å²) < 4.78 is 15.5. The molecule has 0 saturated carbocycles. The summed E-state index contributed by atoms with van der Waals surface area (Å²) in [4.78, 5) is 15.0. The Kier molecular flexibility index (Phi) is 7.05. The number of piperidine rings is 1. The Morgan fingerprint density at radius 2 is 1.74 bits per heavy atom. The van der Waals surface area contributed by atoms with Gasteiger partial charge in [0.25, 0.3) is 0 Å². The van der Waals surface area contributed by atoms with Gasteiger partial charge in [-0.1, -0.05) is 29.8 Å². The summed E-state index contributed by atoms with van der Waals surface area (Å²) in [5.74, 6) is 0.712. The van der Waals surface area contributed by atoms with Gasteiger partial charge in [-0.05, 0) is 81.4 Å². The Morgan fingerprint density at radius 1 is 1.06 bits per heavy atom. The van der Waals surface area contributed by atoms with E-state index < -0.39 is 0 Å². The monoisotopic (exact) mass is 458 g/mol. The second kappa shape index (κ2) is 9.94. The van der Waals surface area contributed by atoms with Gasteiger partial charge in [0.2, 0.25) is 0 Å². The molecule has 4 rings (SSSR count). The summed E-state index contributed by atoms with van der Waals surface area (Å²) >= 11 is 7.25. The van der Waals surface area contributed by atoms with Crippen LogP contribution in [0.3, 0.4) is 0 Å². The molecule has 0 amide bonds. The SMILES string of the molecule is CC(c1nnc(SCC(=O)c2ccc(Cl)cc2)n1-c1ccc(F)cc1)N1CCCCC1. The fraction of sp³-hybridized carbons (Fsp3) is 0.348. The Hall–Kier alpha value is -2.22. The molecule has 1 aromatic heterocycles. The van der Waals surface area contributed by atoms with Crippen LogP contribution >= 0.6 is 23.4 Å².